The zero-order chi connectivity index (χ0) is 11.0. The van der Waals surface area contributed by atoms with Gasteiger partial charge in [-0.15, -0.1) is 0 Å². The third-order valence-corrected chi connectivity index (χ3v) is 1.80. The molecule has 1 nitrogen and oxygen atoms in total. The normalized spacial score (nSPS) is 13.0. The predicted molar refractivity (Wildman–Crippen MR) is 64.8 cm³/mol. The first-order valence-electron chi connectivity index (χ1n) is 4.54. The van der Waals surface area contributed by atoms with Crippen LogP contribution in [-0.4, -0.2) is 5.71 Å². The summed E-state index contributed by atoms with van der Waals surface area (Å²) in [4.78, 5) is 0. The third kappa shape index (κ3) is 3.40. The van der Waals surface area contributed by atoms with Crippen molar-refractivity contribution in [3.63, 3.8) is 0 Å². The zero-order valence-electron chi connectivity index (χ0n) is 8.88. The Morgan fingerprint density at radius 1 is 1.07 bits per heavy atom. The molecular weight excluding hydrogens is 170 g/mol. The first-order valence-corrected chi connectivity index (χ1v) is 4.54. The van der Waals surface area contributed by atoms with Gasteiger partial charge in [-0.25, -0.2) is 0 Å². The molecule has 0 aromatic heterocycles. The van der Waals surface area contributed by atoms with Gasteiger partial charge < -0.3 is 0 Å². The number of rotatable bonds is 5. The largest absolute Gasteiger partial charge is 0.300 e. The van der Waals surface area contributed by atoms with Crippen molar-refractivity contribution in [2.24, 2.45) is 0 Å². The first-order chi connectivity index (χ1) is 6.71. The molecule has 0 aliphatic heterocycles. The molecule has 1 N–H and O–H groups in total. The average molecular weight is 187 g/mol. The molecule has 0 aromatic carbocycles. The molecule has 14 heavy (non-hydrogen) atoms. The highest BCUT2D eigenvalue weighted by Crippen LogP contribution is 2.09. The average Bonchev–Trinajstić information content (AvgIpc) is 2.21. The van der Waals surface area contributed by atoms with Gasteiger partial charge in [0.15, 0.2) is 0 Å². The van der Waals surface area contributed by atoms with E-state index >= 15 is 0 Å². The van der Waals surface area contributed by atoms with Gasteiger partial charge in [0.1, 0.15) is 0 Å². The molecule has 0 aliphatic rings. The number of allylic oxidation sites excluding steroid dienone is 8. The van der Waals surface area contributed by atoms with Crippen LogP contribution in [0.5, 0.6) is 0 Å². The fourth-order valence-electron chi connectivity index (χ4n) is 0.984. The summed E-state index contributed by atoms with van der Waals surface area (Å²) < 4.78 is 0. The molecule has 0 aromatic rings. The second-order valence-corrected chi connectivity index (χ2v) is 2.68. The predicted octanol–water partition coefficient (Wildman–Crippen LogP) is 3.83. The molecule has 0 saturated heterocycles. The van der Waals surface area contributed by atoms with Crippen LogP contribution in [0.2, 0.25) is 0 Å². The topological polar surface area (TPSA) is 23.9 Å². The van der Waals surface area contributed by atoms with Crippen LogP contribution in [0.15, 0.2) is 60.8 Å². The van der Waals surface area contributed by atoms with E-state index in [1.165, 1.54) is 0 Å². The Morgan fingerprint density at radius 2 is 1.64 bits per heavy atom. The molecule has 0 fully saturated rings. The van der Waals surface area contributed by atoms with Crippen molar-refractivity contribution in [1.82, 2.24) is 0 Å². The van der Waals surface area contributed by atoms with Crippen molar-refractivity contribution < 1.29 is 0 Å². The zero-order valence-corrected chi connectivity index (χ0v) is 8.88. The highest BCUT2D eigenvalue weighted by atomic mass is 14.4. The minimum atomic E-state index is 0.454. The highest BCUT2D eigenvalue weighted by Gasteiger charge is 2.02. The second kappa shape index (κ2) is 6.84. The minimum absolute atomic E-state index is 0.454. The molecule has 0 bridgehead atoms. The van der Waals surface area contributed by atoms with E-state index in [4.69, 9.17) is 5.41 Å². The molecule has 0 radical (unpaired) electrons. The summed E-state index contributed by atoms with van der Waals surface area (Å²) in [6.45, 7) is 11.2. The Morgan fingerprint density at radius 3 is 2.00 bits per heavy atom. The first kappa shape index (κ1) is 12.4. The maximum Gasteiger partial charge on any atom is 0.0680 e. The van der Waals surface area contributed by atoms with E-state index in [0.717, 1.165) is 11.1 Å². The lowest BCUT2D eigenvalue weighted by molar-refractivity contribution is 1.46. The van der Waals surface area contributed by atoms with Crippen LogP contribution >= 0.6 is 0 Å². The summed E-state index contributed by atoms with van der Waals surface area (Å²) in [5, 5.41) is 7.87. The molecule has 0 spiro atoms. The highest BCUT2D eigenvalue weighted by molar-refractivity contribution is 6.13. The van der Waals surface area contributed by atoms with Crippen LogP contribution < -0.4 is 0 Å². The van der Waals surface area contributed by atoms with E-state index < -0.39 is 0 Å². The summed E-state index contributed by atoms with van der Waals surface area (Å²) in [7, 11) is 0. The Hall–Kier alpha value is -1.63. The minimum Gasteiger partial charge on any atom is -0.300 e. The standard InChI is InChI=1S/C13H17N/c1-5-9-10-12(8-4)13(14)11(6-2)7-3/h5-10,14H,2,4H2,1,3H3/b9-5-,11-7+,12-10+,14-13?. The summed E-state index contributed by atoms with van der Waals surface area (Å²) >= 11 is 0. The van der Waals surface area contributed by atoms with E-state index in [0.29, 0.717) is 5.71 Å². The molecule has 0 amide bonds. The Kier molecular flexibility index (Phi) is 6.04. The van der Waals surface area contributed by atoms with E-state index in [-0.39, 0.29) is 0 Å². The van der Waals surface area contributed by atoms with Crippen molar-refractivity contribution in [3.8, 4) is 0 Å². The molecule has 0 atom stereocenters. The van der Waals surface area contributed by atoms with Crippen molar-refractivity contribution in [3.05, 3.63) is 60.8 Å². The lowest BCUT2D eigenvalue weighted by Gasteiger charge is -2.04. The van der Waals surface area contributed by atoms with Gasteiger partial charge >= 0.3 is 0 Å². The fraction of sp³-hybridized carbons (Fsp3) is 0.154. The molecule has 0 unspecified atom stereocenters. The number of nitrogens with one attached hydrogen (secondary N) is 1. The molecule has 0 aliphatic carbocycles. The van der Waals surface area contributed by atoms with Crippen LogP contribution in [0.1, 0.15) is 13.8 Å². The van der Waals surface area contributed by atoms with E-state index in [9.17, 15) is 0 Å². The van der Waals surface area contributed by atoms with Gasteiger partial charge in [0.25, 0.3) is 0 Å². The van der Waals surface area contributed by atoms with Crippen LogP contribution in [0.3, 0.4) is 0 Å². The molecule has 74 valence electrons. The molecule has 0 rings (SSSR count). The van der Waals surface area contributed by atoms with Crippen LogP contribution in [0.25, 0.3) is 0 Å². The lowest BCUT2D eigenvalue weighted by atomic mass is 10.0. The maximum absolute atomic E-state index is 7.87. The van der Waals surface area contributed by atoms with Gasteiger partial charge in [0, 0.05) is 0 Å². The van der Waals surface area contributed by atoms with Gasteiger partial charge in [-0.05, 0) is 25.0 Å². The molecular formula is C13H17N. The smallest absolute Gasteiger partial charge is 0.0680 e. The summed E-state index contributed by atoms with van der Waals surface area (Å²) in [6.07, 6.45) is 10.9. The summed E-state index contributed by atoms with van der Waals surface area (Å²) in [5.41, 5.74) is 2.08. The van der Waals surface area contributed by atoms with Crippen LogP contribution in [-0.2, 0) is 0 Å². The maximum atomic E-state index is 7.87. The van der Waals surface area contributed by atoms with Gasteiger partial charge in [0.05, 0.1) is 5.71 Å². The number of hydrogen-bond acceptors (Lipinski definition) is 1. The number of hydrogen-bond donors (Lipinski definition) is 1. The van der Waals surface area contributed by atoms with E-state index in [2.05, 4.69) is 13.2 Å². The SMILES string of the molecule is C=C/C(=C\C)C(=N)/C(C=C)=C/C=C\C. The lowest BCUT2D eigenvalue weighted by Crippen LogP contribution is -2.01. The van der Waals surface area contributed by atoms with E-state index in [1.54, 1.807) is 12.2 Å². The Bertz CT molecular complexity index is 314. The van der Waals surface area contributed by atoms with Gasteiger partial charge in [-0.2, -0.15) is 0 Å². The van der Waals surface area contributed by atoms with Crippen LogP contribution in [0, 0.1) is 5.41 Å². The van der Waals surface area contributed by atoms with Crippen molar-refractivity contribution in [2.45, 2.75) is 13.8 Å². The molecule has 1 heteroatoms. The van der Waals surface area contributed by atoms with Gasteiger partial charge in [0.2, 0.25) is 0 Å². The van der Waals surface area contributed by atoms with Crippen molar-refractivity contribution in [2.75, 3.05) is 0 Å². The summed E-state index contributed by atoms with van der Waals surface area (Å²) in [6, 6.07) is 0. The van der Waals surface area contributed by atoms with Crippen molar-refractivity contribution >= 4 is 5.71 Å². The monoisotopic (exact) mass is 187 g/mol. The van der Waals surface area contributed by atoms with E-state index in [1.807, 2.05) is 38.2 Å². The van der Waals surface area contributed by atoms with Crippen LogP contribution in [0.4, 0.5) is 0 Å². The Balaban J connectivity index is 4.97. The third-order valence-electron chi connectivity index (χ3n) is 1.80. The Labute approximate surface area is 86.4 Å². The molecule has 0 saturated carbocycles. The van der Waals surface area contributed by atoms with Gasteiger partial charge in [-0.3, -0.25) is 5.41 Å². The quantitative estimate of drug-likeness (QED) is 0.499. The fourth-order valence-corrected chi connectivity index (χ4v) is 0.984. The summed E-state index contributed by atoms with van der Waals surface area (Å²) in [5.74, 6) is 0. The van der Waals surface area contributed by atoms with Crippen molar-refractivity contribution in [1.29, 1.82) is 5.41 Å². The van der Waals surface area contributed by atoms with Gasteiger partial charge in [-0.1, -0.05) is 49.6 Å². The molecule has 0 heterocycles. The second-order valence-electron chi connectivity index (χ2n) is 2.68.